The maximum Gasteiger partial charge on any atom is 0.238 e. The third-order valence-electron chi connectivity index (χ3n) is 4.37. The number of hydrogen-bond acceptors (Lipinski definition) is 5. The van der Waals surface area contributed by atoms with Gasteiger partial charge < -0.3 is 14.8 Å². The predicted molar refractivity (Wildman–Crippen MR) is 99.3 cm³/mol. The van der Waals surface area contributed by atoms with Gasteiger partial charge in [0.25, 0.3) is 0 Å². The third-order valence-corrected chi connectivity index (χ3v) is 5.30. The Morgan fingerprint density at radius 2 is 1.85 bits per heavy atom. The normalized spacial score (nSPS) is 19.1. The molecule has 2 atom stereocenters. The SMILES string of the molecule is CCC(C)C(NS(C)(=O)=O)C(=O)NCC1(c2ccc(Cl)cc2)OCCO1. The van der Waals surface area contributed by atoms with Gasteiger partial charge in [-0.25, -0.2) is 13.1 Å². The maximum absolute atomic E-state index is 12.6. The van der Waals surface area contributed by atoms with Gasteiger partial charge in [-0.2, -0.15) is 0 Å². The lowest BCUT2D eigenvalue weighted by molar-refractivity contribution is -0.165. The zero-order valence-electron chi connectivity index (χ0n) is 15.1. The molecule has 0 spiro atoms. The molecule has 2 unspecified atom stereocenters. The van der Waals surface area contributed by atoms with Crippen molar-refractivity contribution in [2.75, 3.05) is 26.0 Å². The van der Waals surface area contributed by atoms with Crippen LogP contribution in [0, 0.1) is 5.92 Å². The fourth-order valence-electron chi connectivity index (χ4n) is 2.74. The number of halogens is 1. The maximum atomic E-state index is 12.6. The molecule has 1 saturated heterocycles. The van der Waals surface area contributed by atoms with Gasteiger partial charge >= 0.3 is 0 Å². The molecule has 0 aromatic heterocycles. The average molecular weight is 405 g/mol. The minimum Gasteiger partial charge on any atom is -0.349 e. The first-order valence-corrected chi connectivity index (χ1v) is 10.7. The number of sulfonamides is 1. The van der Waals surface area contributed by atoms with Crippen LogP contribution in [0.3, 0.4) is 0 Å². The van der Waals surface area contributed by atoms with E-state index in [2.05, 4.69) is 10.0 Å². The minimum atomic E-state index is -3.52. The number of carbonyl (C=O) groups is 1. The van der Waals surface area contributed by atoms with Crippen LogP contribution in [0.4, 0.5) is 0 Å². The first-order chi connectivity index (χ1) is 12.2. The highest BCUT2D eigenvalue weighted by atomic mass is 35.5. The van der Waals surface area contributed by atoms with E-state index in [1.807, 2.05) is 13.8 Å². The second-order valence-corrected chi connectivity index (χ2v) is 8.64. The molecule has 1 fully saturated rings. The highest BCUT2D eigenvalue weighted by Crippen LogP contribution is 2.31. The molecular formula is C17H25ClN2O5S. The lowest BCUT2D eigenvalue weighted by Gasteiger charge is -2.30. The molecule has 0 radical (unpaired) electrons. The van der Waals surface area contributed by atoms with Crippen LogP contribution < -0.4 is 10.0 Å². The van der Waals surface area contributed by atoms with Crippen LogP contribution in [-0.2, 0) is 30.1 Å². The fourth-order valence-corrected chi connectivity index (χ4v) is 3.66. The largest absolute Gasteiger partial charge is 0.349 e. The van der Waals surface area contributed by atoms with Gasteiger partial charge in [0.05, 0.1) is 26.0 Å². The van der Waals surface area contributed by atoms with Crippen molar-refractivity contribution < 1.29 is 22.7 Å². The molecule has 2 N–H and O–H groups in total. The van der Waals surface area contributed by atoms with Crippen LogP contribution in [0.5, 0.6) is 0 Å². The lowest BCUT2D eigenvalue weighted by atomic mass is 9.99. The summed E-state index contributed by atoms with van der Waals surface area (Å²) >= 11 is 5.93. The first kappa shape index (κ1) is 21.1. The van der Waals surface area contributed by atoms with Crippen molar-refractivity contribution in [2.24, 2.45) is 5.92 Å². The zero-order valence-corrected chi connectivity index (χ0v) is 16.7. The number of ether oxygens (including phenoxy) is 2. The number of carbonyl (C=O) groups excluding carboxylic acids is 1. The van der Waals surface area contributed by atoms with Crippen LogP contribution in [0.25, 0.3) is 0 Å². The zero-order chi connectivity index (χ0) is 19.4. The molecule has 1 aromatic rings. The number of nitrogens with one attached hydrogen (secondary N) is 2. The molecule has 1 heterocycles. The molecule has 26 heavy (non-hydrogen) atoms. The van der Waals surface area contributed by atoms with E-state index in [0.717, 1.165) is 11.8 Å². The van der Waals surface area contributed by atoms with Gasteiger partial charge in [0.1, 0.15) is 6.04 Å². The molecule has 1 amide bonds. The summed E-state index contributed by atoms with van der Waals surface area (Å²) in [6.07, 6.45) is 1.68. The molecule has 0 aliphatic carbocycles. The molecule has 7 nitrogen and oxygen atoms in total. The van der Waals surface area contributed by atoms with Gasteiger partial charge in [-0.05, 0) is 18.1 Å². The molecule has 1 aromatic carbocycles. The van der Waals surface area contributed by atoms with Crippen molar-refractivity contribution in [3.05, 3.63) is 34.9 Å². The van der Waals surface area contributed by atoms with Crippen molar-refractivity contribution in [1.82, 2.24) is 10.0 Å². The number of hydrogen-bond donors (Lipinski definition) is 2. The smallest absolute Gasteiger partial charge is 0.238 e. The first-order valence-electron chi connectivity index (χ1n) is 8.46. The third kappa shape index (κ3) is 5.40. The van der Waals surface area contributed by atoms with Crippen LogP contribution in [-0.4, -0.2) is 46.4 Å². The Morgan fingerprint density at radius 3 is 2.35 bits per heavy atom. The van der Waals surface area contributed by atoms with Crippen molar-refractivity contribution >= 4 is 27.5 Å². The van der Waals surface area contributed by atoms with Crippen molar-refractivity contribution in [3.63, 3.8) is 0 Å². The van der Waals surface area contributed by atoms with Crippen LogP contribution in [0.2, 0.25) is 5.02 Å². The van der Waals surface area contributed by atoms with E-state index in [4.69, 9.17) is 21.1 Å². The van der Waals surface area contributed by atoms with E-state index < -0.39 is 27.8 Å². The summed E-state index contributed by atoms with van der Waals surface area (Å²) in [5.41, 5.74) is 0.732. The predicted octanol–water partition coefficient (Wildman–Crippen LogP) is 1.62. The topological polar surface area (TPSA) is 93.7 Å². The summed E-state index contributed by atoms with van der Waals surface area (Å²) in [5.74, 6) is -1.69. The number of benzene rings is 1. The van der Waals surface area contributed by atoms with Gasteiger partial charge in [0.15, 0.2) is 0 Å². The van der Waals surface area contributed by atoms with E-state index >= 15 is 0 Å². The second kappa shape index (κ2) is 8.67. The Hall–Kier alpha value is -1.19. The Kier molecular flexibility index (Phi) is 7.04. The Bertz CT molecular complexity index is 717. The summed E-state index contributed by atoms with van der Waals surface area (Å²) in [5, 5.41) is 3.35. The van der Waals surface area contributed by atoms with Crippen molar-refractivity contribution in [2.45, 2.75) is 32.1 Å². The average Bonchev–Trinajstić information content (AvgIpc) is 3.07. The molecular weight excluding hydrogens is 380 g/mol. The van der Waals surface area contributed by atoms with Crippen LogP contribution in [0.1, 0.15) is 25.8 Å². The molecule has 9 heteroatoms. The van der Waals surface area contributed by atoms with Gasteiger partial charge in [-0.1, -0.05) is 44.0 Å². The number of rotatable bonds is 8. The summed E-state index contributed by atoms with van der Waals surface area (Å²) in [4.78, 5) is 12.6. The van der Waals surface area contributed by atoms with Crippen molar-refractivity contribution in [1.29, 1.82) is 0 Å². The second-order valence-electron chi connectivity index (χ2n) is 6.43. The van der Waals surface area contributed by atoms with Gasteiger partial charge in [-0.3, -0.25) is 4.79 Å². The Labute approximate surface area is 159 Å². The Morgan fingerprint density at radius 1 is 1.27 bits per heavy atom. The molecule has 146 valence electrons. The van der Waals surface area contributed by atoms with E-state index in [9.17, 15) is 13.2 Å². The highest BCUT2D eigenvalue weighted by Gasteiger charge is 2.40. The monoisotopic (exact) mass is 404 g/mol. The van der Waals surface area contributed by atoms with Crippen LogP contribution in [0.15, 0.2) is 24.3 Å². The highest BCUT2D eigenvalue weighted by molar-refractivity contribution is 7.88. The summed E-state index contributed by atoms with van der Waals surface area (Å²) in [7, 11) is -3.52. The molecule has 1 aliphatic rings. The van der Waals surface area contributed by atoms with E-state index in [-0.39, 0.29) is 12.5 Å². The minimum absolute atomic E-state index is 0.0614. The van der Waals surface area contributed by atoms with E-state index in [1.165, 1.54) is 0 Å². The van der Waals surface area contributed by atoms with Gasteiger partial charge in [0, 0.05) is 10.6 Å². The number of amides is 1. The summed E-state index contributed by atoms with van der Waals surface area (Å²) in [6, 6.07) is 6.14. The van der Waals surface area contributed by atoms with Gasteiger partial charge in [0.2, 0.25) is 21.7 Å². The Balaban J connectivity index is 2.14. The molecule has 2 rings (SSSR count). The summed E-state index contributed by atoms with van der Waals surface area (Å²) < 4.78 is 37.1. The molecule has 0 bridgehead atoms. The quantitative estimate of drug-likeness (QED) is 0.686. The standard InChI is InChI=1S/C17H25ClN2O5S/c1-4-12(2)15(20-26(3,22)23)16(21)19-11-17(24-9-10-25-17)13-5-7-14(18)8-6-13/h5-8,12,15,20H,4,9-11H2,1-3H3,(H,19,21). The summed E-state index contributed by atoms with van der Waals surface area (Å²) in [6.45, 7) is 4.57. The molecule has 1 aliphatic heterocycles. The fraction of sp³-hybridized carbons (Fsp3) is 0.588. The van der Waals surface area contributed by atoms with Crippen LogP contribution >= 0.6 is 11.6 Å². The van der Waals surface area contributed by atoms with Crippen molar-refractivity contribution in [3.8, 4) is 0 Å². The molecule has 0 saturated carbocycles. The lowest BCUT2D eigenvalue weighted by Crippen LogP contribution is -2.52. The van der Waals surface area contributed by atoms with Gasteiger partial charge in [-0.15, -0.1) is 0 Å². The van der Waals surface area contributed by atoms with E-state index in [0.29, 0.717) is 24.7 Å². The van der Waals surface area contributed by atoms with E-state index in [1.54, 1.807) is 24.3 Å².